The summed E-state index contributed by atoms with van der Waals surface area (Å²) in [5.41, 5.74) is 8.23. The molecule has 0 aliphatic heterocycles. The Balaban J connectivity index is 2.38. The lowest BCUT2D eigenvalue weighted by Crippen LogP contribution is -2.11. The van der Waals surface area contributed by atoms with Gasteiger partial charge in [0.15, 0.2) is 5.75 Å². The number of nitrogen functional groups attached to an aromatic ring is 1. The third-order valence-electron chi connectivity index (χ3n) is 3.86. The molecule has 1 aromatic carbocycles. The van der Waals surface area contributed by atoms with Crippen molar-refractivity contribution in [2.75, 3.05) is 24.7 Å². The maximum atomic E-state index is 10.9. The van der Waals surface area contributed by atoms with E-state index in [1.165, 1.54) is 0 Å². The SMILES string of the molecule is CCCCNc1nc(N)nc(C)c1Cc1cc(O[P+](=O)O)ccc1OC. The molecule has 0 fully saturated rings. The summed E-state index contributed by atoms with van der Waals surface area (Å²) in [6, 6.07) is 4.95. The predicted octanol–water partition coefficient (Wildman–Crippen LogP) is 3.21. The van der Waals surface area contributed by atoms with Crippen LogP contribution in [0.5, 0.6) is 11.5 Å². The first-order chi connectivity index (χ1) is 12.4. The Labute approximate surface area is 153 Å². The lowest BCUT2D eigenvalue weighted by atomic mass is 10.0. The summed E-state index contributed by atoms with van der Waals surface area (Å²) in [6.45, 7) is 4.77. The molecule has 0 radical (unpaired) electrons. The number of nitrogens with one attached hydrogen (secondary N) is 1. The van der Waals surface area contributed by atoms with E-state index >= 15 is 0 Å². The molecule has 0 aliphatic rings. The van der Waals surface area contributed by atoms with Crippen LogP contribution in [0.4, 0.5) is 11.8 Å². The van der Waals surface area contributed by atoms with Crippen molar-refractivity contribution in [3.05, 3.63) is 35.0 Å². The highest BCUT2D eigenvalue weighted by Gasteiger charge is 2.18. The number of nitrogens with zero attached hydrogens (tertiary/aromatic N) is 2. The molecule has 1 aromatic heterocycles. The summed E-state index contributed by atoms with van der Waals surface area (Å²) in [7, 11) is -1.17. The summed E-state index contributed by atoms with van der Waals surface area (Å²) in [5, 5.41) is 3.31. The lowest BCUT2D eigenvalue weighted by molar-refractivity contribution is 0.402. The topological polar surface area (TPSA) is 120 Å². The number of rotatable bonds is 9. The first kappa shape index (κ1) is 19.9. The highest BCUT2D eigenvalue weighted by Crippen LogP contribution is 2.32. The third kappa shape index (κ3) is 5.28. The molecule has 26 heavy (non-hydrogen) atoms. The minimum Gasteiger partial charge on any atom is -0.496 e. The van der Waals surface area contributed by atoms with Crippen molar-refractivity contribution in [1.29, 1.82) is 0 Å². The van der Waals surface area contributed by atoms with Crippen molar-refractivity contribution >= 4 is 20.0 Å². The Kier molecular flexibility index (Phi) is 7.12. The molecular weight excluding hydrogens is 355 g/mol. The number of methoxy groups -OCH3 is 1. The zero-order valence-corrected chi connectivity index (χ0v) is 16.0. The van der Waals surface area contributed by atoms with E-state index < -0.39 is 8.25 Å². The Bertz CT molecular complexity index is 786. The quantitative estimate of drug-likeness (QED) is 0.449. The number of aromatic nitrogens is 2. The van der Waals surface area contributed by atoms with Crippen LogP contribution >= 0.6 is 8.25 Å². The maximum absolute atomic E-state index is 10.9. The molecule has 0 aliphatic carbocycles. The van der Waals surface area contributed by atoms with Crippen molar-refractivity contribution < 1.29 is 18.7 Å². The van der Waals surface area contributed by atoms with Crippen molar-refractivity contribution in [2.45, 2.75) is 33.1 Å². The van der Waals surface area contributed by atoms with E-state index in [0.29, 0.717) is 23.7 Å². The monoisotopic (exact) mass is 379 g/mol. The largest absolute Gasteiger partial charge is 0.747 e. The first-order valence-corrected chi connectivity index (χ1v) is 9.45. The summed E-state index contributed by atoms with van der Waals surface area (Å²) in [6.07, 6.45) is 2.54. The van der Waals surface area contributed by atoms with Crippen LogP contribution in [0.1, 0.15) is 36.6 Å². The van der Waals surface area contributed by atoms with Gasteiger partial charge >= 0.3 is 8.25 Å². The van der Waals surface area contributed by atoms with Gasteiger partial charge in [-0.2, -0.15) is 4.98 Å². The molecular formula is C17H24N4O4P+. The van der Waals surface area contributed by atoms with Gasteiger partial charge in [0.2, 0.25) is 5.95 Å². The van der Waals surface area contributed by atoms with Crippen LogP contribution in [-0.4, -0.2) is 28.5 Å². The predicted molar refractivity (Wildman–Crippen MR) is 101 cm³/mol. The molecule has 1 unspecified atom stereocenters. The Morgan fingerprint density at radius 1 is 1.35 bits per heavy atom. The number of hydrogen-bond acceptors (Lipinski definition) is 7. The highest BCUT2D eigenvalue weighted by atomic mass is 31.1. The molecule has 1 heterocycles. The van der Waals surface area contributed by atoms with Crippen LogP contribution in [0.15, 0.2) is 18.2 Å². The zero-order valence-electron chi connectivity index (χ0n) is 15.2. The van der Waals surface area contributed by atoms with Gasteiger partial charge in [-0.15, -0.1) is 4.89 Å². The van der Waals surface area contributed by atoms with E-state index in [4.69, 9.17) is 19.9 Å². The molecule has 0 saturated carbocycles. The van der Waals surface area contributed by atoms with Gasteiger partial charge < -0.3 is 15.8 Å². The van der Waals surface area contributed by atoms with Gasteiger partial charge in [0, 0.05) is 34.4 Å². The fourth-order valence-corrected chi connectivity index (χ4v) is 2.88. The first-order valence-electron chi connectivity index (χ1n) is 8.32. The summed E-state index contributed by atoms with van der Waals surface area (Å²) < 4.78 is 21.2. The van der Waals surface area contributed by atoms with Crippen LogP contribution in [0, 0.1) is 6.92 Å². The van der Waals surface area contributed by atoms with Crippen LogP contribution in [-0.2, 0) is 11.0 Å². The lowest BCUT2D eigenvalue weighted by Gasteiger charge is -2.15. The molecule has 0 saturated heterocycles. The van der Waals surface area contributed by atoms with Gasteiger partial charge in [0.25, 0.3) is 0 Å². The van der Waals surface area contributed by atoms with Gasteiger partial charge in [-0.05, 0) is 31.5 Å². The molecule has 0 spiro atoms. The van der Waals surface area contributed by atoms with Crippen LogP contribution in [0.2, 0.25) is 0 Å². The Morgan fingerprint density at radius 3 is 2.77 bits per heavy atom. The molecule has 0 amide bonds. The van der Waals surface area contributed by atoms with E-state index in [1.807, 2.05) is 6.92 Å². The summed E-state index contributed by atoms with van der Waals surface area (Å²) in [4.78, 5) is 17.5. The van der Waals surface area contributed by atoms with Crippen LogP contribution in [0.3, 0.4) is 0 Å². The van der Waals surface area contributed by atoms with Crippen LogP contribution < -0.4 is 20.3 Å². The Morgan fingerprint density at radius 2 is 2.12 bits per heavy atom. The van der Waals surface area contributed by atoms with E-state index in [-0.39, 0.29) is 5.95 Å². The second-order valence-electron chi connectivity index (χ2n) is 5.75. The van der Waals surface area contributed by atoms with E-state index in [2.05, 4.69) is 22.2 Å². The second-order valence-corrected chi connectivity index (χ2v) is 6.41. The van der Waals surface area contributed by atoms with Gasteiger partial charge in [0.1, 0.15) is 11.6 Å². The number of aryl methyl sites for hydroxylation is 1. The zero-order chi connectivity index (χ0) is 19.1. The van der Waals surface area contributed by atoms with Crippen molar-refractivity contribution in [3.8, 4) is 11.5 Å². The summed E-state index contributed by atoms with van der Waals surface area (Å²) >= 11 is 0. The minimum atomic E-state index is -2.73. The number of hydrogen-bond donors (Lipinski definition) is 3. The maximum Gasteiger partial charge on any atom is 0.747 e. The molecule has 2 rings (SSSR count). The minimum absolute atomic E-state index is 0.214. The molecule has 0 bridgehead atoms. The standard InChI is InChI=1S/C17H23N4O4P/c1-4-5-8-19-16-14(11(2)20-17(18)21-16)10-12-9-13(25-26(22)23)6-7-15(12)24-3/h6-7,9H,4-5,8,10H2,1-3H3,(H3-,18,19,20,21,22,23)/p+1. The molecule has 140 valence electrons. The van der Waals surface area contributed by atoms with Gasteiger partial charge in [0.05, 0.1) is 7.11 Å². The fraction of sp³-hybridized carbons (Fsp3) is 0.412. The number of ether oxygens (including phenoxy) is 1. The smallest absolute Gasteiger partial charge is 0.496 e. The average Bonchev–Trinajstić information content (AvgIpc) is 2.57. The normalized spacial score (nSPS) is 11.2. The summed E-state index contributed by atoms with van der Waals surface area (Å²) in [5.74, 6) is 1.83. The van der Waals surface area contributed by atoms with E-state index in [0.717, 1.165) is 36.2 Å². The van der Waals surface area contributed by atoms with Gasteiger partial charge in [-0.1, -0.05) is 13.3 Å². The number of unbranched alkanes of at least 4 members (excludes halogenated alkanes) is 1. The molecule has 9 heteroatoms. The number of nitrogens with two attached hydrogens (primary N) is 1. The molecule has 8 nitrogen and oxygen atoms in total. The number of benzene rings is 1. The molecule has 2 aromatic rings. The fourth-order valence-electron chi connectivity index (χ4n) is 2.59. The van der Waals surface area contributed by atoms with Gasteiger partial charge in [-0.25, -0.2) is 9.51 Å². The van der Waals surface area contributed by atoms with Gasteiger partial charge in [-0.3, -0.25) is 0 Å². The van der Waals surface area contributed by atoms with E-state index in [9.17, 15) is 4.57 Å². The average molecular weight is 379 g/mol. The van der Waals surface area contributed by atoms with Crippen molar-refractivity contribution in [2.24, 2.45) is 0 Å². The molecule has 4 N–H and O–H groups in total. The molecule has 1 atom stereocenters. The van der Waals surface area contributed by atoms with E-state index in [1.54, 1.807) is 25.3 Å². The highest BCUT2D eigenvalue weighted by molar-refractivity contribution is 7.32. The van der Waals surface area contributed by atoms with Crippen LogP contribution in [0.25, 0.3) is 0 Å². The number of anilines is 2. The second kappa shape index (κ2) is 9.31. The third-order valence-corrected chi connectivity index (χ3v) is 4.22. The van der Waals surface area contributed by atoms with Crippen molar-refractivity contribution in [3.63, 3.8) is 0 Å². The van der Waals surface area contributed by atoms with Crippen molar-refractivity contribution in [1.82, 2.24) is 9.97 Å². The Hall–Kier alpha value is -2.44.